The topological polar surface area (TPSA) is 82.8 Å². The number of carbonyl (C=O) groups is 1. The fourth-order valence-corrected chi connectivity index (χ4v) is 1.86. The number of aliphatic carboxylic acids is 1. The van der Waals surface area contributed by atoms with Gasteiger partial charge in [-0.05, 0) is 23.8 Å². The van der Waals surface area contributed by atoms with Crippen molar-refractivity contribution in [1.82, 2.24) is 0 Å². The van der Waals surface area contributed by atoms with Crippen molar-refractivity contribution in [1.29, 1.82) is 5.26 Å². The van der Waals surface area contributed by atoms with Crippen LogP contribution < -0.4 is 4.90 Å². The van der Waals surface area contributed by atoms with Gasteiger partial charge in [-0.15, -0.1) is 0 Å². The lowest BCUT2D eigenvalue weighted by Crippen LogP contribution is -2.30. The van der Waals surface area contributed by atoms with Crippen LogP contribution in [0.15, 0.2) is 29.8 Å². The summed E-state index contributed by atoms with van der Waals surface area (Å²) in [5, 5.41) is 17.6. The van der Waals surface area contributed by atoms with Crippen molar-refractivity contribution in [2.24, 2.45) is 0 Å². The van der Waals surface area contributed by atoms with Crippen LogP contribution in [-0.2, 0) is 14.3 Å². The van der Waals surface area contributed by atoms with Crippen LogP contribution >= 0.6 is 0 Å². The molecule has 0 amide bonds. The van der Waals surface area contributed by atoms with Gasteiger partial charge in [0, 0.05) is 33.0 Å². The van der Waals surface area contributed by atoms with Crippen LogP contribution in [0.2, 0.25) is 0 Å². The number of methoxy groups -OCH3 is 2. The van der Waals surface area contributed by atoms with Crippen LogP contribution in [0.25, 0.3) is 6.08 Å². The third-order valence-corrected chi connectivity index (χ3v) is 3.05. The molecular weight excluding hydrogens is 284 g/mol. The van der Waals surface area contributed by atoms with E-state index in [-0.39, 0.29) is 5.57 Å². The zero-order valence-electron chi connectivity index (χ0n) is 12.8. The van der Waals surface area contributed by atoms with E-state index in [2.05, 4.69) is 4.90 Å². The maximum Gasteiger partial charge on any atom is 0.346 e. The molecule has 0 aliphatic rings. The van der Waals surface area contributed by atoms with E-state index in [9.17, 15) is 4.79 Å². The number of rotatable bonds is 9. The minimum absolute atomic E-state index is 0.289. The minimum Gasteiger partial charge on any atom is -0.477 e. The fraction of sp³-hybridized carbons (Fsp3) is 0.375. The number of nitriles is 1. The van der Waals surface area contributed by atoms with Gasteiger partial charge in [0.1, 0.15) is 11.6 Å². The van der Waals surface area contributed by atoms with Crippen molar-refractivity contribution in [3.05, 3.63) is 35.4 Å². The number of benzene rings is 1. The standard InChI is InChI=1S/C16H20N2O4/c1-21-9-7-18(8-10-22-2)15-5-3-13(4-6-15)11-14(12-17)16(19)20/h3-6,11H,7-10H2,1-2H3,(H,19,20)/b14-11+. The van der Waals surface area contributed by atoms with Crippen molar-refractivity contribution in [2.75, 3.05) is 45.4 Å². The molecule has 0 atom stereocenters. The highest BCUT2D eigenvalue weighted by Crippen LogP contribution is 2.17. The predicted octanol–water partition coefficient (Wildman–Crippen LogP) is 1.78. The molecule has 1 aromatic carbocycles. The maximum absolute atomic E-state index is 10.8. The van der Waals surface area contributed by atoms with Gasteiger partial charge in [-0.25, -0.2) is 4.79 Å². The van der Waals surface area contributed by atoms with Crippen LogP contribution in [0.5, 0.6) is 0 Å². The molecule has 1 rings (SSSR count). The quantitative estimate of drug-likeness (QED) is 0.553. The molecule has 0 aliphatic carbocycles. The van der Waals surface area contributed by atoms with Crippen molar-refractivity contribution >= 4 is 17.7 Å². The molecule has 0 aliphatic heterocycles. The highest BCUT2D eigenvalue weighted by Gasteiger charge is 2.08. The first kappa shape index (κ1) is 17.7. The lowest BCUT2D eigenvalue weighted by Gasteiger charge is -2.24. The molecule has 0 saturated carbocycles. The van der Waals surface area contributed by atoms with E-state index in [0.717, 1.165) is 18.8 Å². The largest absolute Gasteiger partial charge is 0.477 e. The number of anilines is 1. The summed E-state index contributed by atoms with van der Waals surface area (Å²) >= 11 is 0. The summed E-state index contributed by atoms with van der Waals surface area (Å²) in [5.74, 6) is -1.23. The number of hydrogen-bond acceptors (Lipinski definition) is 5. The van der Waals surface area contributed by atoms with E-state index in [1.54, 1.807) is 32.4 Å². The summed E-state index contributed by atoms with van der Waals surface area (Å²) in [5.41, 5.74) is 1.37. The van der Waals surface area contributed by atoms with Crippen LogP contribution in [0.3, 0.4) is 0 Å². The highest BCUT2D eigenvalue weighted by atomic mass is 16.5. The van der Waals surface area contributed by atoms with E-state index in [1.165, 1.54) is 6.08 Å². The van der Waals surface area contributed by atoms with Gasteiger partial charge in [-0.3, -0.25) is 0 Å². The smallest absolute Gasteiger partial charge is 0.346 e. The highest BCUT2D eigenvalue weighted by molar-refractivity contribution is 5.96. The molecule has 0 heterocycles. The van der Waals surface area contributed by atoms with E-state index in [1.807, 2.05) is 12.1 Å². The molecule has 1 aromatic rings. The summed E-state index contributed by atoms with van der Waals surface area (Å²) in [7, 11) is 3.30. The maximum atomic E-state index is 10.8. The Morgan fingerprint density at radius 3 is 2.18 bits per heavy atom. The van der Waals surface area contributed by atoms with Crippen LogP contribution in [0.1, 0.15) is 5.56 Å². The molecule has 0 bridgehead atoms. The summed E-state index contributed by atoms with van der Waals surface area (Å²) in [6, 6.07) is 8.99. The monoisotopic (exact) mass is 304 g/mol. The SMILES string of the molecule is COCCN(CCOC)c1ccc(/C=C(\C#N)C(=O)O)cc1. The van der Waals surface area contributed by atoms with E-state index < -0.39 is 5.97 Å². The second-order valence-electron chi connectivity index (χ2n) is 4.54. The molecule has 118 valence electrons. The summed E-state index contributed by atoms with van der Waals surface area (Å²) < 4.78 is 10.2. The number of carboxylic acids is 1. The average Bonchev–Trinajstić information content (AvgIpc) is 2.53. The normalized spacial score (nSPS) is 11.0. The molecule has 22 heavy (non-hydrogen) atoms. The van der Waals surface area contributed by atoms with E-state index in [0.29, 0.717) is 18.8 Å². The van der Waals surface area contributed by atoms with Gasteiger partial charge >= 0.3 is 5.97 Å². The minimum atomic E-state index is -1.23. The predicted molar refractivity (Wildman–Crippen MR) is 83.6 cm³/mol. The Labute approximate surface area is 130 Å². The van der Waals surface area contributed by atoms with E-state index >= 15 is 0 Å². The van der Waals surface area contributed by atoms with E-state index in [4.69, 9.17) is 19.8 Å². The van der Waals surface area contributed by atoms with Gasteiger partial charge in [-0.1, -0.05) is 12.1 Å². The van der Waals surface area contributed by atoms with Gasteiger partial charge in [-0.2, -0.15) is 5.26 Å². The Hall–Kier alpha value is -2.36. The van der Waals surface area contributed by atoms with Gasteiger partial charge < -0.3 is 19.5 Å². The number of carboxylic acid groups (broad SMARTS) is 1. The van der Waals surface area contributed by atoms with Gasteiger partial charge in [0.25, 0.3) is 0 Å². The van der Waals surface area contributed by atoms with Crippen molar-refractivity contribution in [3.63, 3.8) is 0 Å². The molecule has 0 radical (unpaired) electrons. The Kier molecular flexibility index (Phi) is 7.68. The second kappa shape index (κ2) is 9.55. The third kappa shape index (κ3) is 5.56. The third-order valence-electron chi connectivity index (χ3n) is 3.05. The summed E-state index contributed by atoms with van der Waals surface area (Å²) in [4.78, 5) is 12.9. The summed E-state index contributed by atoms with van der Waals surface area (Å²) in [6.45, 7) is 2.66. The first-order valence-electron chi connectivity index (χ1n) is 6.80. The van der Waals surface area contributed by atoms with Crippen LogP contribution in [0, 0.1) is 11.3 Å². The van der Waals surface area contributed by atoms with Crippen LogP contribution in [-0.4, -0.2) is 51.6 Å². The Morgan fingerprint density at radius 2 is 1.77 bits per heavy atom. The Balaban J connectivity index is 2.88. The first-order chi connectivity index (χ1) is 10.6. The zero-order chi connectivity index (χ0) is 16.4. The Bertz CT molecular complexity index is 538. The molecule has 6 heteroatoms. The Morgan fingerprint density at radius 1 is 1.23 bits per heavy atom. The van der Waals surface area contributed by atoms with Crippen molar-refractivity contribution < 1.29 is 19.4 Å². The molecule has 6 nitrogen and oxygen atoms in total. The molecule has 1 N–H and O–H groups in total. The van der Waals surface area contributed by atoms with Gasteiger partial charge in [0.05, 0.1) is 13.2 Å². The van der Waals surface area contributed by atoms with Gasteiger partial charge in [0.2, 0.25) is 0 Å². The molecule has 0 saturated heterocycles. The molecule has 0 aromatic heterocycles. The average molecular weight is 304 g/mol. The fourth-order valence-electron chi connectivity index (χ4n) is 1.86. The number of hydrogen-bond donors (Lipinski definition) is 1. The molecule has 0 fully saturated rings. The summed E-state index contributed by atoms with van der Waals surface area (Å²) in [6.07, 6.45) is 1.35. The first-order valence-corrected chi connectivity index (χ1v) is 6.80. The molecular formula is C16H20N2O4. The number of ether oxygens (including phenoxy) is 2. The van der Waals surface area contributed by atoms with Gasteiger partial charge in [0.15, 0.2) is 0 Å². The lowest BCUT2D eigenvalue weighted by atomic mass is 10.1. The second-order valence-corrected chi connectivity index (χ2v) is 4.54. The van der Waals surface area contributed by atoms with Crippen LogP contribution in [0.4, 0.5) is 5.69 Å². The molecule has 0 unspecified atom stereocenters. The lowest BCUT2D eigenvalue weighted by molar-refractivity contribution is -0.132. The zero-order valence-corrected chi connectivity index (χ0v) is 12.8. The van der Waals surface area contributed by atoms with Crippen molar-refractivity contribution in [3.8, 4) is 6.07 Å². The van der Waals surface area contributed by atoms with Crippen molar-refractivity contribution in [2.45, 2.75) is 0 Å². The number of nitrogens with zero attached hydrogens (tertiary/aromatic N) is 2. The molecule has 0 spiro atoms.